The molecule has 0 amide bonds. The number of aryl methyl sites for hydroxylation is 2. The number of rotatable bonds is 2. The maximum absolute atomic E-state index is 8.42. The van der Waals surface area contributed by atoms with Gasteiger partial charge in [0.05, 0.1) is 0 Å². The average Bonchev–Trinajstić information content (AvgIpc) is 2.01. The molecule has 2 nitrogen and oxygen atoms in total. The summed E-state index contributed by atoms with van der Waals surface area (Å²) in [5, 5.41) is 8.42. The predicted octanol–water partition coefficient (Wildman–Crippen LogP) is 1.52. The van der Waals surface area contributed by atoms with Crippen LogP contribution in [0.4, 0.5) is 0 Å². The summed E-state index contributed by atoms with van der Waals surface area (Å²) in [5.74, 6) is 0.679. The Morgan fingerprint density at radius 3 is 2.08 bits per heavy atom. The van der Waals surface area contributed by atoms with Gasteiger partial charge in [-0.05, 0) is 49.6 Å². The second-order valence-corrected chi connectivity index (χ2v) is 2.91. The third-order valence-corrected chi connectivity index (χ3v) is 2.09. The standard InChI is InChI=1S/C9H12BO2/c1-6-4-9(12-10-11)5-7(2)8(6)3/h4-5,11H,1-3H3. The second kappa shape index (κ2) is 3.63. The van der Waals surface area contributed by atoms with Gasteiger partial charge in [-0.15, -0.1) is 0 Å². The summed E-state index contributed by atoms with van der Waals surface area (Å²) in [6.45, 7) is 6.11. The summed E-state index contributed by atoms with van der Waals surface area (Å²) in [6, 6.07) is 3.80. The van der Waals surface area contributed by atoms with E-state index in [2.05, 4.69) is 6.92 Å². The third-order valence-electron chi connectivity index (χ3n) is 2.09. The van der Waals surface area contributed by atoms with Gasteiger partial charge in [0.1, 0.15) is 5.75 Å². The molecule has 0 saturated carbocycles. The van der Waals surface area contributed by atoms with Gasteiger partial charge in [-0.3, -0.25) is 0 Å². The van der Waals surface area contributed by atoms with E-state index < -0.39 is 0 Å². The van der Waals surface area contributed by atoms with E-state index in [1.165, 1.54) is 16.7 Å². The van der Waals surface area contributed by atoms with Crippen molar-refractivity contribution in [3.05, 3.63) is 28.8 Å². The smallest absolute Gasteiger partial charge is 0.537 e. The summed E-state index contributed by atoms with van der Waals surface area (Å²) in [7, 11) is 0.698. The number of hydrogen-bond acceptors (Lipinski definition) is 2. The molecule has 0 spiro atoms. The van der Waals surface area contributed by atoms with Crippen LogP contribution in [0.5, 0.6) is 5.75 Å². The molecule has 1 radical (unpaired) electrons. The molecular formula is C9H12BO2. The fourth-order valence-corrected chi connectivity index (χ4v) is 1.12. The normalized spacial score (nSPS) is 9.67. The third kappa shape index (κ3) is 1.80. The molecule has 0 heterocycles. The van der Waals surface area contributed by atoms with Crippen molar-refractivity contribution in [3.8, 4) is 5.75 Å². The first kappa shape index (κ1) is 9.14. The topological polar surface area (TPSA) is 29.5 Å². The molecular weight excluding hydrogens is 151 g/mol. The molecule has 0 bridgehead atoms. The van der Waals surface area contributed by atoms with Crippen molar-refractivity contribution in [2.75, 3.05) is 0 Å². The van der Waals surface area contributed by atoms with E-state index in [1.807, 2.05) is 26.0 Å². The summed E-state index contributed by atoms with van der Waals surface area (Å²) in [6.07, 6.45) is 0. The zero-order valence-electron chi connectivity index (χ0n) is 7.59. The van der Waals surface area contributed by atoms with Crippen LogP contribution in [-0.4, -0.2) is 12.7 Å². The van der Waals surface area contributed by atoms with Crippen LogP contribution in [0.25, 0.3) is 0 Å². The van der Waals surface area contributed by atoms with Crippen LogP contribution in [0, 0.1) is 20.8 Å². The van der Waals surface area contributed by atoms with Gasteiger partial charge in [0, 0.05) is 0 Å². The Morgan fingerprint density at radius 1 is 1.17 bits per heavy atom. The first-order valence-corrected chi connectivity index (χ1v) is 3.85. The van der Waals surface area contributed by atoms with Crippen LogP contribution in [0.2, 0.25) is 0 Å². The Morgan fingerprint density at radius 2 is 1.67 bits per heavy atom. The molecule has 1 rings (SSSR count). The van der Waals surface area contributed by atoms with E-state index >= 15 is 0 Å². The Labute approximate surface area is 73.5 Å². The van der Waals surface area contributed by atoms with Crippen molar-refractivity contribution < 1.29 is 9.68 Å². The summed E-state index contributed by atoms with van der Waals surface area (Å²) in [4.78, 5) is 0. The van der Waals surface area contributed by atoms with Gasteiger partial charge in [-0.1, -0.05) is 0 Å². The van der Waals surface area contributed by atoms with Gasteiger partial charge in [0.2, 0.25) is 0 Å². The molecule has 1 aromatic carbocycles. The minimum absolute atomic E-state index is 0.679. The van der Waals surface area contributed by atoms with Gasteiger partial charge < -0.3 is 9.68 Å². The molecule has 0 aliphatic carbocycles. The van der Waals surface area contributed by atoms with Gasteiger partial charge in [-0.25, -0.2) is 0 Å². The highest BCUT2D eigenvalue weighted by Crippen LogP contribution is 2.20. The number of benzene rings is 1. The first-order chi connectivity index (χ1) is 5.65. The second-order valence-electron chi connectivity index (χ2n) is 2.91. The van der Waals surface area contributed by atoms with Gasteiger partial charge in [0.15, 0.2) is 0 Å². The molecule has 0 fully saturated rings. The predicted molar refractivity (Wildman–Crippen MR) is 49.3 cm³/mol. The van der Waals surface area contributed by atoms with Crippen molar-refractivity contribution in [2.24, 2.45) is 0 Å². The Bertz CT molecular complexity index is 261. The van der Waals surface area contributed by atoms with E-state index in [0.29, 0.717) is 13.4 Å². The molecule has 0 atom stereocenters. The Hall–Kier alpha value is -0.955. The van der Waals surface area contributed by atoms with Crippen molar-refractivity contribution >= 4 is 7.69 Å². The molecule has 1 N–H and O–H groups in total. The summed E-state index contributed by atoms with van der Waals surface area (Å²) >= 11 is 0. The molecule has 0 unspecified atom stereocenters. The van der Waals surface area contributed by atoms with Crippen LogP contribution < -0.4 is 4.65 Å². The molecule has 0 aliphatic rings. The number of hydrogen-bond donors (Lipinski definition) is 1. The van der Waals surface area contributed by atoms with E-state index in [4.69, 9.17) is 9.68 Å². The van der Waals surface area contributed by atoms with E-state index in [-0.39, 0.29) is 0 Å². The average molecular weight is 163 g/mol. The molecule has 0 aromatic heterocycles. The van der Waals surface area contributed by atoms with Crippen LogP contribution in [0.1, 0.15) is 16.7 Å². The first-order valence-electron chi connectivity index (χ1n) is 3.85. The molecule has 0 saturated heterocycles. The maximum Gasteiger partial charge on any atom is 0.569 e. The molecule has 3 heteroatoms. The van der Waals surface area contributed by atoms with Gasteiger partial charge >= 0.3 is 7.69 Å². The minimum atomic E-state index is 0.679. The molecule has 0 aliphatic heterocycles. The maximum atomic E-state index is 8.42. The van der Waals surface area contributed by atoms with Gasteiger partial charge in [0.25, 0.3) is 0 Å². The van der Waals surface area contributed by atoms with Crippen LogP contribution in [0.15, 0.2) is 12.1 Å². The molecule has 1 aromatic rings. The Balaban J connectivity index is 3.04. The zero-order valence-corrected chi connectivity index (χ0v) is 7.59. The fraction of sp³-hybridized carbons (Fsp3) is 0.333. The molecule has 12 heavy (non-hydrogen) atoms. The highest BCUT2D eigenvalue weighted by molar-refractivity contribution is 6.17. The Kier molecular flexibility index (Phi) is 2.76. The zero-order chi connectivity index (χ0) is 9.14. The quantitative estimate of drug-likeness (QED) is 0.669. The lowest BCUT2D eigenvalue weighted by Crippen LogP contribution is -2.01. The fourth-order valence-electron chi connectivity index (χ4n) is 1.12. The van der Waals surface area contributed by atoms with Gasteiger partial charge in [-0.2, -0.15) is 0 Å². The van der Waals surface area contributed by atoms with E-state index in [9.17, 15) is 0 Å². The van der Waals surface area contributed by atoms with Crippen molar-refractivity contribution in [3.63, 3.8) is 0 Å². The van der Waals surface area contributed by atoms with Crippen LogP contribution in [-0.2, 0) is 0 Å². The molecule has 63 valence electrons. The van der Waals surface area contributed by atoms with Crippen molar-refractivity contribution in [1.82, 2.24) is 0 Å². The summed E-state index contributed by atoms with van der Waals surface area (Å²) < 4.78 is 4.85. The van der Waals surface area contributed by atoms with Crippen molar-refractivity contribution in [1.29, 1.82) is 0 Å². The van der Waals surface area contributed by atoms with E-state index in [1.54, 1.807) is 0 Å². The monoisotopic (exact) mass is 163 g/mol. The van der Waals surface area contributed by atoms with Crippen molar-refractivity contribution in [2.45, 2.75) is 20.8 Å². The summed E-state index contributed by atoms with van der Waals surface area (Å²) in [5.41, 5.74) is 3.61. The van der Waals surface area contributed by atoms with Crippen LogP contribution >= 0.6 is 0 Å². The lowest BCUT2D eigenvalue weighted by molar-refractivity contribution is 0.453. The lowest BCUT2D eigenvalue weighted by Gasteiger charge is -2.08. The highest BCUT2D eigenvalue weighted by Gasteiger charge is 2.01. The largest absolute Gasteiger partial charge is 0.569 e. The highest BCUT2D eigenvalue weighted by atomic mass is 16.5. The minimum Gasteiger partial charge on any atom is -0.537 e. The van der Waals surface area contributed by atoms with Crippen LogP contribution in [0.3, 0.4) is 0 Å². The lowest BCUT2D eigenvalue weighted by atomic mass is 10.0. The van der Waals surface area contributed by atoms with E-state index in [0.717, 1.165) is 0 Å². The SMILES string of the molecule is Cc1cc(O[B]O)cc(C)c1C.